The van der Waals surface area contributed by atoms with Crippen molar-refractivity contribution < 1.29 is 13.2 Å². The molecule has 1 amide bonds. The Bertz CT molecular complexity index is 288. The molecule has 0 bridgehead atoms. The number of sulfonamides is 1. The summed E-state index contributed by atoms with van der Waals surface area (Å²) in [7, 11) is -3.41. The lowest BCUT2D eigenvalue weighted by atomic mass is 10.4. The molecule has 0 aliphatic heterocycles. The van der Waals surface area contributed by atoms with Gasteiger partial charge in [0.2, 0.25) is 15.9 Å². The predicted molar refractivity (Wildman–Crippen MR) is 58.7 cm³/mol. The molecule has 0 rings (SSSR count). The lowest BCUT2D eigenvalue weighted by Gasteiger charge is -2.08. The molecule has 4 N–H and O–H groups in total. The molecule has 6 nitrogen and oxygen atoms in total. The molecule has 0 aliphatic carbocycles. The number of amides is 1. The van der Waals surface area contributed by atoms with Crippen LogP contribution in [-0.4, -0.2) is 39.2 Å². The summed E-state index contributed by atoms with van der Waals surface area (Å²) in [6, 6.07) is 0.250. The molecule has 0 aromatic carbocycles. The molecule has 0 atom stereocenters. The largest absolute Gasteiger partial charge is 0.355 e. The van der Waals surface area contributed by atoms with E-state index in [1.54, 1.807) is 0 Å². The Morgan fingerprint density at radius 3 is 2.47 bits per heavy atom. The monoisotopic (exact) mass is 237 g/mol. The summed E-state index contributed by atoms with van der Waals surface area (Å²) >= 11 is 0. The van der Waals surface area contributed by atoms with Crippen LogP contribution in [0.5, 0.6) is 0 Å². The molecule has 0 spiro atoms. The Balaban J connectivity index is 3.48. The standard InChI is InChI=1S/C8H19N3O3S/c1-7(2)11-6-8(12)10-4-3-5-15(9,13)14/h7,11H,3-6H2,1-2H3,(H,10,12)(H2,9,13,14). The van der Waals surface area contributed by atoms with Gasteiger partial charge in [-0.05, 0) is 6.42 Å². The average Bonchev–Trinajstić information content (AvgIpc) is 2.07. The summed E-state index contributed by atoms with van der Waals surface area (Å²) in [4.78, 5) is 11.1. The summed E-state index contributed by atoms with van der Waals surface area (Å²) in [6.07, 6.45) is 0.340. The van der Waals surface area contributed by atoms with Gasteiger partial charge in [-0.25, -0.2) is 13.6 Å². The number of nitrogens with two attached hydrogens (primary N) is 1. The summed E-state index contributed by atoms with van der Waals surface area (Å²) in [6.45, 7) is 4.45. The summed E-state index contributed by atoms with van der Waals surface area (Å²) < 4.78 is 21.1. The SMILES string of the molecule is CC(C)NCC(=O)NCCCS(N)(=O)=O. The predicted octanol–water partition coefficient (Wildman–Crippen LogP) is -1.22. The van der Waals surface area contributed by atoms with Gasteiger partial charge in [0.15, 0.2) is 0 Å². The van der Waals surface area contributed by atoms with Gasteiger partial charge in [0.25, 0.3) is 0 Å². The maximum atomic E-state index is 11.1. The molecule has 90 valence electrons. The van der Waals surface area contributed by atoms with Crippen LogP contribution in [-0.2, 0) is 14.8 Å². The first kappa shape index (κ1) is 14.3. The van der Waals surface area contributed by atoms with Crippen LogP contribution in [0.3, 0.4) is 0 Å². The highest BCUT2D eigenvalue weighted by Gasteiger charge is 2.04. The van der Waals surface area contributed by atoms with Gasteiger partial charge in [-0.1, -0.05) is 13.8 Å². The molecular weight excluding hydrogens is 218 g/mol. The highest BCUT2D eigenvalue weighted by atomic mass is 32.2. The Hall–Kier alpha value is -0.660. The fourth-order valence-electron chi connectivity index (χ4n) is 0.860. The van der Waals surface area contributed by atoms with E-state index < -0.39 is 10.0 Å². The molecule has 0 aliphatic rings. The van der Waals surface area contributed by atoms with Gasteiger partial charge >= 0.3 is 0 Å². The molecule has 0 saturated carbocycles. The highest BCUT2D eigenvalue weighted by molar-refractivity contribution is 7.89. The fraction of sp³-hybridized carbons (Fsp3) is 0.875. The molecule has 15 heavy (non-hydrogen) atoms. The third-order valence-corrected chi connectivity index (χ3v) is 2.46. The van der Waals surface area contributed by atoms with Crippen molar-refractivity contribution in [2.45, 2.75) is 26.3 Å². The van der Waals surface area contributed by atoms with Crippen molar-refractivity contribution in [3.05, 3.63) is 0 Å². The Morgan fingerprint density at radius 2 is 2.00 bits per heavy atom. The highest BCUT2D eigenvalue weighted by Crippen LogP contribution is 1.83. The second-order valence-corrected chi connectivity index (χ2v) is 5.34. The van der Waals surface area contributed by atoms with Gasteiger partial charge in [0, 0.05) is 12.6 Å². The first-order chi connectivity index (χ1) is 6.81. The van der Waals surface area contributed by atoms with E-state index >= 15 is 0 Å². The maximum absolute atomic E-state index is 11.1. The minimum Gasteiger partial charge on any atom is -0.355 e. The normalized spacial score (nSPS) is 11.7. The van der Waals surface area contributed by atoms with Crippen molar-refractivity contribution in [3.63, 3.8) is 0 Å². The van der Waals surface area contributed by atoms with Crippen LogP contribution in [0.1, 0.15) is 20.3 Å². The van der Waals surface area contributed by atoms with Crippen molar-refractivity contribution in [3.8, 4) is 0 Å². The minimum atomic E-state index is -3.41. The molecule has 0 saturated heterocycles. The summed E-state index contributed by atoms with van der Waals surface area (Å²) in [5, 5.41) is 10.3. The van der Waals surface area contributed by atoms with Gasteiger partial charge in [-0.15, -0.1) is 0 Å². The van der Waals surface area contributed by atoms with E-state index in [1.165, 1.54) is 0 Å². The van der Waals surface area contributed by atoms with Crippen LogP contribution in [0.2, 0.25) is 0 Å². The van der Waals surface area contributed by atoms with Crippen LogP contribution < -0.4 is 15.8 Å². The maximum Gasteiger partial charge on any atom is 0.233 e. The van der Waals surface area contributed by atoms with Gasteiger partial charge < -0.3 is 10.6 Å². The van der Waals surface area contributed by atoms with E-state index in [9.17, 15) is 13.2 Å². The zero-order valence-electron chi connectivity index (χ0n) is 9.12. The summed E-state index contributed by atoms with van der Waals surface area (Å²) in [5.74, 6) is -0.247. The minimum absolute atomic E-state index is 0.106. The van der Waals surface area contributed by atoms with Crippen molar-refractivity contribution in [2.75, 3.05) is 18.8 Å². The van der Waals surface area contributed by atoms with Crippen LogP contribution in [0.25, 0.3) is 0 Å². The van der Waals surface area contributed by atoms with E-state index in [2.05, 4.69) is 10.6 Å². The van der Waals surface area contributed by atoms with Gasteiger partial charge in [-0.2, -0.15) is 0 Å². The average molecular weight is 237 g/mol. The number of hydrogen-bond acceptors (Lipinski definition) is 4. The first-order valence-electron chi connectivity index (χ1n) is 4.82. The van der Waals surface area contributed by atoms with E-state index in [-0.39, 0.29) is 24.2 Å². The van der Waals surface area contributed by atoms with Crippen LogP contribution >= 0.6 is 0 Å². The van der Waals surface area contributed by atoms with Gasteiger partial charge in [0.05, 0.1) is 12.3 Å². The smallest absolute Gasteiger partial charge is 0.233 e. The second-order valence-electron chi connectivity index (χ2n) is 3.61. The molecule has 0 aromatic rings. The number of nitrogens with one attached hydrogen (secondary N) is 2. The van der Waals surface area contributed by atoms with Gasteiger partial charge in [0.1, 0.15) is 0 Å². The lowest BCUT2D eigenvalue weighted by Crippen LogP contribution is -2.37. The van der Waals surface area contributed by atoms with E-state index in [0.29, 0.717) is 13.0 Å². The fourth-order valence-corrected chi connectivity index (χ4v) is 1.41. The Morgan fingerprint density at radius 1 is 1.40 bits per heavy atom. The Kier molecular flexibility index (Phi) is 6.46. The van der Waals surface area contributed by atoms with Crippen molar-refractivity contribution >= 4 is 15.9 Å². The molecule has 7 heteroatoms. The molecular formula is C8H19N3O3S. The zero-order valence-corrected chi connectivity index (χ0v) is 9.93. The molecule has 0 fully saturated rings. The van der Waals surface area contributed by atoms with Crippen LogP contribution in [0.4, 0.5) is 0 Å². The molecule has 0 aromatic heterocycles. The van der Waals surface area contributed by atoms with Crippen LogP contribution in [0.15, 0.2) is 0 Å². The second kappa shape index (κ2) is 6.76. The molecule has 0 heterocycles. The van der Waals surface area contributed by atoms with Crippen molar-refractivity contribution in [1.29, 1.82) is 0 Å². The lowest BCUT2D eigenvalue weighted by molar-refractivity contribution is -0.120. The topological polar surface area (TPSA) is 101 Å². The van der Waals surface area contributed by atoms with E-state index in [1.807, 2.05) is 13.8 Å². The van der Waals surface area contributed by atoms with Gasteiger partial charge in [-0.3, -0.25) is 4.79 Å². The van der Waals surface area contributed by atoms with Crippen molar-refractivity contribution in [2.24, 2.45) is 5.14 Å². The Labute approximate surface area is 90.7 Å². The van der Waals surface area contributed by atoms with Crippen molar-refractivity contribution in [1.82, 2.24) is 10.6 Å². The van der Waals surface area contributed by atoms with E-state index in [0.717, 1.165) is 0 Å². The number of carbonyl (C=O) groups excluding carboxylic acids is 1. The molecule has 0 radical (unpaired) electrons. The van der Waals surface area contributed by atoms with E-state index in [4.69, 9.17) is 5.14 Å². The molecule has 0 unspecified atom stereocenters. The number of hydrogen-bond donors (Lipinski definition) is 3. The third kappa shape index (κ3) is 11.3. The zero-order chi connectivity index (χ0) is 11.9. The third-order valence-electron chi connectivity index (χ3n) is 1.60. The number of primary sulfonamides is 1. The quantitative estimate of drug-likeness (QED) is 0.483. The van der Waals surface area contributed by atoms with Crippen LogP contribution in [0, 0.1) is 0 Å². The number of carbonyl (C=O) groups is 1. The number of rotatable bonds is 7. The summed E-state index contributed by atoms with van der Waals surface area (Å²) in [5.41, 5.74) is 0. The first-order valence-corrected chi connectivity index (χ1v) is 6.53.